The first kappa shape index (κ1) is 34.9. The second-order valence-corrected chi connectivity index (χ2v) is 10.5. The number of aliphatic hydroxyl groups excluding tert-OH is 1. The molecule has 1 aromatic rings. The fraction of sp³-hybridized carbons (Fsp3) is 0.244. The Hall–Kier alpha value is -4.27. The van der Waals surface area contributed by atoms with Crippen molar-refractivity contribution in [1.82, 2.24) is 0 Å². The molecule has 0 fully saturated rings. The predicted octanol–water partition coefficient (Wildman–Crippen LogP) is 10.7. The van der Waals surface area contributed by atoms with Gasteiger partial charge in [-0.15, -0.1) is 0 Å². The van der Waals surface area contributed by atoms with Crippen LogP contribution in [0.4, 0.5) is 0 Å². The average molecular weight is 572 g/mol. The molecule has 2 atom stereocenters. The first-order valence-corrected chi connectivity index (χ1v) is 15.2. The largest absolute Gasteiger partial charge is 0.389 e. The maximum Gasteiger partial charge on any atom is 0.0758 e. The molecule has 224 valence electrons. The van der Waals surface area contributed by atoms with Crippen molar-refractivity contribution >= 4 is 11.8 Å². The Morgan fingerprint density at radius 2 is 1.77 bits per heavy atom. The minimum atomic E-state index is -0.738. The summed E-state index contributed by atoms with van der Waals surface area (Å²) in [6, 6.07) is 6.60. The number of hydrogen-bond acceptors (Lipinski definition) is 2. The van der Waals surface area contributed by atoms with Crippen LogP contribution in [-0.2, 0) is 5.41 Å². The van der Waals surface area contributed by atoms with Crippen molar-refractivity contribution in [3.05, 3.63) is 174 Å². The van der Waals surface area contributed by atoms with Crippen molar-refractivity contribution in [3.63, 3.8) is 0 Å². The molecule has 1 aliphatic carbocycles. The highest BCUT2D eigenvalue weighted by molar-refractivity contribution is 5.78. The summed E-state index contributed by atoms with van der Waals surface area (Å²) < 4.78 is 0. The summed E-state index contributed by atoms with van der Waals surface area (Å²) in [6.45, 7) is 17.5. The fourth-order valence-corrected chi connectivity index (χ4v) is 5.26. The quantitative estimate of drug-likeness (QED) is 0.130. The van der Waals surface area contributed by atoms with E-state index in [1.54, 1.807) is 6.08 Å². The zero-order valence-electron chi connectivity index (χ0n) is 26.5. The van der Waals surface area contributed by atoms with E-state index in [0.29, 0.717) is 6.42 Å². The van der Waals surface area contributed by atoms with E-state index in [1.807, 2.05) is 62.5 Å². The van der Waals surface area contributed by atoms with E-state index in [9.17, 15) is 5.11 Å². The number of rotatable bonds is 14. The van der Waals surface area contributed by atoms with Gasteiger partial charge in [0.05, 0.1) is 11.5 Å². The number of benzene rings is 1. The third kappa shape index (κ3) is 9.91. The molecule has 0 radical (unpaired) electrons. The fourth-order valence-electron chi connectivity index (χ4n) is 5.26. The molecule has 0 spiro atoms. The summed E-state index contributed by atoms with van der Waals surface area (Å²) >= 11 is 0. The van der Waals surface area contributed by atoms with Crippen LogP contribution in [0.1, 0.15) is 63.1 Å². The van der Waals surface area contributed by atoms with E-state index in [-0.39, 0.29) is 0 Å². The third-order valence-electron chi connectivity index (χ3n) is 7.43. The normalized spacial score (nSPS) is 22.4. The topological polar surface area (TPSA) is 44.1 Å². The van der Waals surface area contributed by atoms with Crippen LogP contribution in [0.15, 0.2) is 157 Å². The zero-order valence-corrected chi connectivity index (χ0v) is 26.5. The van der Waals surface area contributed by atoms with Gasteiger partial charge in [0.15, 0.2) is 0 Å². The van der Waals surface area contributed by atoms with Crippen LogP contribution < -0.4 is 0 Å². The van der Waals surface area contributed by atoms with E-state index in [4.69, 9.17) is 5.41 Å². The van der Waals surface area contributed by atoms with Gasteiger partial charge in [-0.1, -0.05) is 141 Å². The van der Waals surface area contributed by atoms with Crippen LogP contribution >= 0.6 is 0 Å². The Morgan fingerprint density at radius 3 is 2.49 bits per heavy atom. The Kier molecular flexibility index (Phi) is 15.5. The minimum Gasteiger partial charge on any atom is -0.389 e. The van der Waals surface area contributed by atoms with Crippen molar-refractivity contribution in [2.24, 2.45) is 0 Å². The molecule has 43 heavy (non-hydrogen) atoms. The van der Waals surface area contributed by atoms with Gasteiger partial charge in [-0.05, 0) is 92.0 Å². The Labute approximate surface area is 260 Å². The molecule has 0 bridgehead atoms. The minimum absolute atomic E-state index is 0.513. The van der Waals surface area contributed by atoms with Crippen molar-refractivity contribution in [2.45, 2.75) is 64.9 Å². The predicted molar refractivity (Wildman–Crippen MR) is 191 cm³/mol. The van der Waals surface area contributed by atoms with Crippen LogP contribution in [-0.4, -0.2) is 17.4 Å². The highest BCUT2D eigenvalue weighted by Gasteiger charge is 2.41. The monoisotopic (exact) mass is 571 g/mol. The molecule has 2 heteroatoms. The van der Waals surface area contributed by atoms with E-state index < -0.39 is 11.5 Å². The van der Waals surface area contributed by atoms with Gasteiger partial charge in [-0.3, -0.25) is 0 Å². The molecule has 2 rings (SSSR count). The summed E-state index contributed by atoms with van der Waals surface area (Å²) in [5.41, 5.74) is 6.47. The summed E-state index contributed by atoms with van der Waals surface area (Å²) in [4.78, 5) is 0. The summed E-state index contributed by atoms with van der Waals surface area (Å²) in [5.74, 6) is 0. The van der Waals surface area contributed by atoms with Crippen LogP contribution in [0.5, 0.6) is 0 Å². The lowest BCUT2D eigenvalue weighted by Gasteiger charge is -2.41. The zero-order chi connectivity index (χ0) is 31.5. The molecule has 0 heterocycles. The number of aliphatic hydroxyl groups is 1. The van der Waals surface area contributed by atoms with Gasteiger partial charge in [0, 0.05) is 6.21 Å². The molecule has 1 aliphatic rings. The number of allylic oxidation sites excluding steroid dienone is 20. The van der Waals surface area contributed by atoms with Gasteiger partial charge >= 0.3 is 0 Å². The standard InChI is InChI=1S/C41H49NO/c1-7-10-13-15-16-19-23-36(22-18-14-11-8-2)37-27-25-33(4)40(32-37)41(34(5)21-20-31-42)35(6)26-29-39(43)30-28-38(41)24-17-12-9-3/h8-16,18-23,25-29,31-32,39,42-43H,5-7,17,24,30H2,1-4H3/b11-8+,12-9-,13-10-,16-15+,18-14-,21-20-,23-19+,29-26-,36-22+,38-28-,42-31?. The Balaban J connectivity index is 2.90. The smallest absolute Gasteiger partial charge is 0.0758 e. The van der Waals surface area contributed by atoms with E-state index in [0.717, 1.165) is 58.2 Å². The van der Waals surface area contributed by atoms with Crippen molar-refractivity contribution in [3.8, 4) is 0 Å². The lowest BCUT2D eigenvalue weighted by atomic mass is 9.61. The number of nitrogens with one attached hydrogen (secondary N) is 1. The van der Waals surface area contributed by atoms with Gasteiger partial charge in [-0.2, -0.15) is 0 Å². The average Bonchev–Trinajstić information content (AvgIpc) is 3.00. The molecular weight excluding hydrogens is 522 g/mol. The molecule has 0 saturated heterocycles. The first-order valence-electron chi connectivity index (χ1n) is 15.2. The maximum absolute atomic E-state index is 10.6. The molecule has 2 nitrogen and oxygen atoms in total. The molecule has 0 saturated carbocycles. The van der Waals surface area contributed by atoms with Crippen molar-refractivity contribution in [2.75, 3.05) is 0 Å². The molecule has 0 amide bonds. The summed E-state index contributed by atoms with van der Waals surface area (Å²) in [6.07, 6.45) is 40.4. The van der Waals surface area contributed by atoms with Crippen LogP contribution in [0.25, 0.3) is 5.57 Å². The first-order chi connectivity index (χ1) is 20.9. The molecular formula is C41H49NO. The van der Waals surface area contributed by atoms with Gasteiger partial charge in [0.1, 0.15) is 0 Å². The number of hydrogen-bond donors (Lipinski definition) is 2. The Morgan fingerprint density at radius 1 is 1.00 bits per heavy atom. The van der Waals surface area contributed by atoms with Crippen molar-refractivity contribution < 1.29 is 5.11 Å². The highest BCUT2D eigenvalue weighted by Crippen LogP contribution is 2.49. The van der Waals surface area contributed by atoms with E-state index in [2.05, 4.69) is 99.9 Å². The van der Waals surface area contributed by atoms with Crippen LogP contribution in [0, 0.1) is 12.3 Å². The lowest BCUT2D eigenvalue weighted by Crippen LogP contribution is -2.34. The van der Waals surface area contributed by atoms with E-state index >= 15 is 0 Å². The highest BCUT2D eigenvalue weighted by atomic mass is 16.3. The van der Waals surface area contributed by atoms with Crippen LogP contribution in [0.3, 0.4) is 0 Å². The molecule has 0 aromatic heterocycles. The third-order valence-corrected chi connectivity index (χ3v) is 7.43. The van der Waals surface area contributed by atoms with Gasteiger partial charge < -0.3 is 10.5 Å². The lowest BCUT2D eigenvalue weighted by molar-refractivity contribution is 0.225. The Bertz CT molecular complexity index is 1410. The maximum atomic E-state index is 10.6. The second-order valence-electron chi connectivity index (χ2n) is 10.5. The second kappa shape index (κ2) is 19.0. The number of aryl methyl sites for hydroxylation is 1. The van der Waals surface area contributed by atoms with Gasteiger partial charge in [0.25, 0.3) is 0 Å². The SMILES string of the molecule is C=C(/C=C\C=N)C1(c2cc(C(/C=C/C=C/C=C\CC)=C/C=C\C=C\C)ccc2C)C(=C)/C=C\C(O)C/C=C\1CC/C=C\C. The molecule has 1 aromatic carbocycles. The van der Waals surface area contributed by atoms with Crippen LogP contribution in [0.2, 0.25) is 0 Å². The van der Waals surface area contributed by atoms with Gasteiger partial charge in [-0.25, -0.2) is 0 Å². The van der Waals surface area contributed by atoms with E-state index in [1.165, 1.54) is 6.21 Å². The molecule has 2 N–H and O–H groups in total. The molecule has 2 unspecified atom stereocenters. The van der Waals surface area contributed by atoms with Crippen molar-refractivity contribution in [1.29, 1.82) is 5.41 Å². The summed E-state index contributed by atoms with van der Waals surface area (Å²) in [7, 11) is 0. The van der Waals surface area contributed by atoms with Gasteiger partial charge in [0.2, 0.25) is 0 Å². The summed E-state index contributed by atoms with van der Waals surface area (Å²) in [5, 5.41) is 18.3. The molecule has 0 aliphatic heterocycles.